The van der Waals surface area contributed by atoms with Crippen LogP contribution in [0.5, 0.6) is 0 Å². The van der Waals surface area contributed by atoms with Crippen LogP contribution in [-0.4, -0.2) is 61.4 Å². The van der Waals surface area contributed by atoms with E-state index in [1.54, 1.807) is 4.90 Å². The number of nitrogens with one attached hydrogen (secondary N) is 1. The average Bonchev–Trinajstić information content (AvgIpc) is 2.98. The van der Waals surface area contributed by atoms with Crippen molar-refractivity contribution in [1.29, 1.82) is 0 Å². The van der Waals surface area contributed by atoms with Gasteiger partial charge < -0.3 is 10.2 Å². The van der Waals surface area contributed by atoms with Gasteiger partial charge in [0.25, 0.3) is 5.91 Å². The molecule has 0 bridgehead atoms. The lowest BCUT2D eigenvalue weighted by atomic mass is 10.1. The number of aryl methyl sites for hydroxylation is 2. The summed E-state index contributed by atoms with van der Waals surface area (Å²) in [6, 6.07) is 5.88. The van der Waals surface area contributed by atoms with Crippen LogP contribution in [0.3, 0.4) is 0 Å². The van der Waals surface area contributed by atoms with Gasteiger partial charge in [0.15, 0.2) is 0 Å². The van der Waals surface area contributed by atoms with E-state index in [0.717, 1.165) is 49.0 Å². The monoisotopic (exact) mass is 331 g/mol. The third kappa shape index (κ3) is 4.57. The van der Waals surface area contributed by atoms with E-state index in [1.807, 2.05) is 46.1 Å². The molecule has 2 amide bonds. The van der Waals surface area contributed by atoms with Gasteiger partial charge in [0.1, 0.15) is 0 Å². The number of hydrogen-bond donors (Lipinski definition) is 1. The van der Waals surface area contributed by atoms with Crippen LogP contribution in [0.2, 0.25) is 0 Å². The quantitative estimate of drug-likeness (QED) is 0.811. The fourth-order valence-corrected chi connectivity index (χ4v) is 3.32. The topological polar surface area (TPSA) is 52.7 Å². The summed E-state index contributed by atoms with van der Waals surface area (Å²) < 4.78 is 0. The highest BCUT2D eigenvalue weighted by Gasteiger charge is 2.30. The zero-order valence-corrected chi connectivity index (χ0v) is 15.3. The number of carbonyl (C=O) groups excluding carboxylic acids is 2. The van der Waals surface area contributed by atoms with Crippen molar-refractivity contribution in [2.45, 2.75) is 39.2 Å². The molecule has 1 aliphatic heterocycles. The van der Waals surface area contributed by atoms with Crippen LogP contribution in [0.25, 0.3) is 0 Å². The van der Waals surface area contributed by atoms with Gasteiger partial charge >= 0.3 is 0 Å². The number of hydrogen-bond acceptors (Lipinski definition) is 3. The first-order valence-electron chi connectivity index (χ1n) is 8.71. The lowest BCUT2D eigenvalue weighted by molar-refractivity contribution is -0.133. The maximum Gasteiger partial charge on any atom is 0.251 e. The number of likely N-dealkylation sites (tertiary alicyclic amines) is 1. The van der Waals surface area contributed by atoms with Gasteiger partial charge in [-0.25, -0.2) is 0 Å². The van der Waals surface area contributed by atoms with Crippen molar-refractivity contribution >= 4 is 11.8 Å². The smallest absolute Gasteiger partial charge is 0.251 e. The van der Waals surface area contributed by atoms with Crippen LogP contribution in [0, 0.1) is 13.8 Å². The van der Waals surface area contributed by atoms with Gasteiger partial charge in [0.2, 0.25) is 5.91 Å². The van der Waals surface area contributed by atoms with Gasteiger partial charge in [-0.1, -0.05) is 17.7 Å². The molecule has 1 atom stereocenters. The Hall–Kier alpha value is -1.88. The van der Waals surface area contributed by atoms with Crippen LogP contribution in [0.15, 0.2) is 18.2 Å². The number of amides is 2. The lowest BCUT2D eigenvalue weighted by Gasteiger charge is -2.26. The molecule has 132 valence electrons. The molecule has 1 saturated heterocycles. The summed E-state index contributed by atoms with van der Waals surface area (Å²) >= 11 is 0. The van der Waals surface area contributed by atoms with E-state index in [4.69, 9.17) is 0 Å². The highest BCUT2D eigenvalue weighted by Crippen LogP contribution is 2.18. The fourth-order valence-electron chi connectivity index (χ4n) is 3.32. The van der Waals surface area contributed by atoms with Gasteiger partial charge in [0.05, 0.1) is 6.04 Å². The first kappa shape index (κ1) is 18.5. The molecule has 1 aromatic carbocycles. The van der Waals surface area contributed by atoms with E-state index in [9.17, 15) is 9.59 Å². The van der Waals surface area contributed by atoms with E-state index in [1.165, 1.54) is 0 Å². The summed E-state index contributed by atoms with van der Waals surface area (Å²) in [5.74, 6) is 0.168. The number of carbonyl (C=O) groups is 2. The molecule has 1 aromatic rings. The second kappa shape index (κ2) is 8.29. The molecule has 1 unspecified atom stereocenters. The zero-order valence-electron chi connectivity index (χ0n) is 15.3. The Morgan fingerprint density at radius 3 is 2.71 bits per heavy atom. The molecule has 0 saturated carbocycles. The van der Waals surface area contributed by atoms with Gasteiger partial charge in [-0.2, -0.15) is 0 Å². The lowest BCUT2D eigenvalue weighted by Crippen LogP contribution is -2.43. The van der Waals surface area contributed by atoms with Gasteiger partial charge in [0, 0.05) is 32.7 Å². The predicted molar refractivity (Wildman–Crippen MR) is 96.2 cm³/mol. The maximum atomic E-state index is 12.2. The summed E-state index contributed by atoms with van der Waals surface area (Å²) in [6.07, 6.45) is 2.86. The predicted octanol–water partition coefficient (Wildman–Crippen LogP) is 1.98. The third-order valence-corrected chi connectivity index (χ3v) is 4.62. The molecule has 1 aliphatic rings. The average molecular weight is 331 g/mol. The first-order chi connectivity index (χ1) is 11.4. The molecule has 0 radical (unpaired) electrons. The molecule has 1 heterocycles. The van der Waals surface area contributed by atoms with Crippen LogP contribution in [-0.2, 0) is 4.79 Å². The van der Waals surface area contributed by atoms with Gasteiger partial charge in [-0.05, 0) is 51.3 Å². The molecular weight excluding hydrogens is 302 g/mol. The molecular formula is C19H29N3O2. The van der Waals surface area contributed by atoms with E-state index >= 15 is 0 Å². The maximum absolute atomic E-state index is 12.2. The number of likely N-dealkylation sites (N-methyl/N-ethyl adjacent to an activating group) is 1. The number of rotatable bonds is 6. The largest absolute Gasteiger partial charge is 0.352 e. The molecule has 5 heteroatoms. The standard InChI is InChI=1S/C19H29N3O2/c1-14-8-9-16(15(2)13-14)18(23)20-10-6-12-22-11-5-7-17(22)19(24)21(3)4/h8-9,13,17H,5-7,10-12H2,1-4H3,(H,20,23). The Morgan fingerprint density at radius 2 is 2.04 bits per heavy atom. The minimum atomic E-state index is -0.0187. The van der Waals surface area contributed by atoms with Crippen molar-refractivity contribution in [1.82, 2.24) is 15.1 Å². The van der Waals surface area contributed by atoms with E-state index < -0.39 is 0 Å². The Labute approximate surface area is 145 Å². The van der Waals surface area contributed by atoms with Crippen molar-refractivity contribution in [3.8, 4) is 0 Å². The van der Waals surface area contributed by atoms with Crippen LogP contribution in [0.4, 0.5) is 0 Å². The SMILES string of the molecule is Cc1ccc(C(=O)NCCCN2CCCC2C(=O)N(C)C)c(C)c1. The summed E-state index contributed by atoms with van der Waals surface area (Å²) in [6.45, 7) is 6.43. The molecule has 2 rings (SSSR count). The number of benzene rings is 1. The molecule has 24 heavy (non-hydrogen) atoms. The molecule has 0 aromatic heterocycles. The molecule has 0 aliphatic carbocycles. The second-order valence-corrected chi connectivity index (χ2v) is 6.85. The highest BCUT2D eigenvalue weighted by atomic mass is 16.2. The summed E-state index contributed by atoms with van der Waals surface area (Å²) in [5.41, 5.74) is 2.90. The molecule has 0 spiro atoms. The van der Waals surface area contributed by atoms with Crippen LogP contribution >= 0.6 is 0 Å². The summed E-state index contributed by atoms with van der Waals surface area (Å²) in [4.78, 5) is 28.3. The summed E-state index contributed by atoms with van der Waals surface area (Å²) in [7, 11) is 3.62. The van der Waals surface area contributed by atoms with Gasteiger partial charge in [-0.3, -0.25) is 14.5 Å². The summed E-state index contributed by atoms with van der Waals surface area (Å²) in [5, 5.41) is 2.99. The van der Waals surface area contributed by atoms with Crippen molar-refractivity contribution in [2.75, 3.05) is 33.7 Å². The number of nitrogens with zero attached hydrogens (tertiary/aromatic N) is 2. The Morgan fingerprint density at radius 1 is 1.29 bits per heavy atom. The Balaban J connectivity index is 1.78. The highest BCUT2D eigenvalue weighted by molar-refractivity contribution is 5.95. The van der Waals surface area contributed by atoms with Crippen LogP contribution < -0.4 is 5.32 Å². The van der Waals surface area contributed by atoms with Crippen molar-refractivity contribution in [3.05, 3.63) is 34.9 Å². The van der Waals surface area contributed by atoms with Crippen molar-refractivity contribution < 1.29 is 9.59 Å². The van der Waals surface area contributed by atoms with Crippen LogP contribution in [0.1, 0.15) is 40.7 Å². The Bertz CT molecular complexity index is 598. The van der Waals surface area contributed by atoms with E-state index in [2.05, 4.69) is 10.2 Å². The minimum absolute atomic E-state index is 0.00930. The normalized spacial score (nSPS) is 17.8. The van der Waals surface area contributed by atoms with Crippen molar-refractivity contribution in [2.24, 2.45) is 0 Å². The molecule has 5 nitrogen and oxygen atoms in total. The Kier molecular flexibility index (Phi) is 6.37. The zero-order chi connectivity index (χ0) is 17.7. The van der Waals surface area contributed by atoms with E-state index in [0.29, 0.717) is 6.54 Å². The minimum Gasteiger partial charge on any atom is -0.352 e. The fraction of sp³-hybridized carbons (Fsp3) is 0.579. The van der Waals surface area contributed by atoms with Gasteiger partial charge in [-0.15, -0.1) is 0 Å². The second-order valence-electron chi connectivity index (χ2n) is 6.85. The molecule has 1 N–H and O–H groups in total. The van der Waals surface area contributed by atoms with E-state index in [-0.39, 0.29) is 17.9 Å². The third-order valence-electron chi connectivity index (χ3n) is 4.62. The first-order valence-corrected chi connectivity index (χ1v) is 8.71. The van der Waals surface area contributed by atoms with Crippen molar-refractivity contribution in [3.63, 3.8) is 0 Å². The molecule has 1 fully saturated rings.